The molecule has 0 spiro atoms. The molecule has 1 heterocycles. The third kappa shape index (κ3) is 5.09. The largest absolute Gasteiger partial charge is 0.493 e. The van der Waals surface area contributed by atoms with Gasteiger partial charge in [0.05, 0.1) is 13.0 Å². The lowest BCUT2D eigenvalue weighted by Crippen LogP contribution is -2.25. The molecule has 0 aliphatic carbocycles. The number of carbonyl (C=O) groups excluding carboxylic acids is 1. The van der Waals surface area contributed by atoms with Crippen LogP contribution in [0.1, 0.15) is 19.3 Å². The number of benzene rings is 1. The molecule has 20 heavy (non-hydrogen) atoms. The third-order valence-corrected chi connectivity index (χ3v) is 3.30. The van der Waals surface area contributed by atoms with Crippen LogP contribution < -0.4 is 10.5 Å². The first-order valence-electron chi connectivity index (χ1n) is 7.10. The van der Waals surface area contributed by atoms with Crippen molar-refractivity contribution in [3.63, 3.8) is 0 Å². The molecule has 1 saturated heterocycles. The highest BCUT2D eigenvalue weighted by atomic mass is 16.5. The van der Waals surface area contributed by atoms with Gasteiger partial charge in [-0.15, -0.1) is 0 Å². The van der Waals surface area contributed by atoms with Gasteiger partial charge in [0.2, 0.25) is 0 Å². The number of carbonyl (C=O) groups is 1. The van der Waals surface area contributed by atoms with Gasteiger partial charge in [-0.2, -0.15) is 0 Å². The van der Waals surface area contributed by atoms with E-state index in [1.807, 2.05) is 12.1 Å². The van der Waals surface area contributed by atoms with Gasteiger partial charge < -0.3 is 15.2 Å². The van der Waals surface area contributed by atoms with Gasteiger partial charge in [-0.1, -0.05) is 6.07 Å². The molecule has 0 amide bonds. The van der Waals surface area contributed by atoms with Gasteiger partial charge in [-0.3, -0.25) is 9.69 Å². The Morgan fingerprint density at radius 2 is 2.05 bits per heavy atom. The maximum absolute atomic E-state index is 11.5. The lowest BCUT2D eigenvalue weighted by molar-refractivity contribution is -0.144. The second-order valence-corrected chi connectivity index (χ2v) is 4.94. The fourth-order valence-electron chi connectivity index (χ4n) is 2.22. The van der Waals surface area contributed by atoms with Crippen LogP contribution in [0.15, 0.2) is 24.3 Å². The van der Waals surface area contributed by atoms with Crippen LogP contribution in [0.3, 0.4) is 0 Å². The molecule has 5 nitrogen and oxygen atoms in total. The molecule has 5 heteroatoms. The maximum Gasteiger partial charge on any atom is 0.309 e. The Hall–Kier alpha value is -1.75. The summed E-state index contributed by atoms with van der Waals surface area (Å²) >= 11 is 0. The fourth-order valence-corrected chi connectivity index (χ4v) is 2.22. The average Bonchev–Trinajstić information content (AvgIpc) is 2.92. The quantitative estimate of drug-likeness (QED) is 0.607. The van der Waals surface area contributed by atoms with E-state index in [0.29, 0.717) is 24.7 Å². The van der Waals surface area contributed by atoms with Crippen LogP contribution in [0.5, 0.6) is 5.75 Å². The first-order valence-corrected chi connectivity index (χ1v) is 7.10. The van der Waals surface area contributed by atoms with E-state index in [1.165, 1.54) is 12.8 Å². The number of esters is 1. The Balaban J connectivity index is 1.55. The van der Waals surface area contributed by atoms with Crippen molar-refractivity contribution in [3.05, 3.63) is 24.3 Å². The van der Waals surface area contributed by atoms with Crippen LogP contribution in [0.4, 0.5) is 5.69 Å². The zero-order valence-corrected chi connectivity index (χ0v) is 11.7. The van der Waals surface area contributed by atoms with Crippen LogP contribution >= 0.6 is 0 Å². The summed E-state index contributed by atoms with van der Waals surface area (Å²) in [6, 6.07) is 7.16. The summed E-state index contributed by atoms with van der Waals surface area (Å²) in [5.41, 5.74) is 6.29. The predicted octanol–water partition coefficient (Wildman–Crippen LogP) is 1.68. The highest BCUT2D eigenvalue weighted by Crippen LogP contribution is 2.14. The topological polar surface area (TPSA) is 64.8 Å². The summed E-state index contributed by atoms with van der Waals surface area (Å²) < 4.78 is 10.6. The predicted molar refractivity (Wildman–Crippen MR) is 77.6 cm³/mol. The van der Waals surface area contributed by atoms with Crippen molar-refractivity contribution < 1.29 is 14.3 Å². The van der Waals surface area contributed by atoms with E-state index >= 15 is 0 Å². The second kappa shape index (κ2) is 7.75. The molecular weight excluding hydrogens is 256 g/mol. The molecule has 0 atom stereocenters. The number of nitrogens with zero attached hydrogens (tertiary/aromatic N) is 1. The summed E-state index contributed by atoms with van der Waals surface area (Å²) in [4.78, 5) is 13.8. The molecule has 2 rings (SSSR count). The normalized spacial score (nSPS) is 15.2. The Morgan fingerprint density at radius 1 is 1.25 bits per heavy atom. The van der Waals surface area contributed by atoms with Gasteiger partial charge in [0.15, 0.2) is 0 Å². The number of nitrogens with two attached hydrogens (primary N) is 1. The van der Waals surface area contributed by atoms with Gasteiger partial charge in [0, 0.05) is 18.3 Å². The molecule has 1 aliphatic rings. The van der Waals surface area contributed by atoms with E-state index in [0.717, 1.165) is 19.6 Å². The monoisotopic (exact) mass is 278 g/mol. The standard InChI is InChI=1S/C15H22N2O3/c16-13-4-3-5-14(12-13)19-10-6-15(18)20-11-9-17-7-1-2-8-17/h3-5,12H,1-2,6-11,16H2. The number of rotatable bonds is 7. The number of ether oxygens (including phenoxy) is 2. The Kier molecular flexibility index (Phi) is 5.68. The maximum atomic E-state index is 11.5. The lowest BCUT2D eigenvalue weighted by atomic mass is 10.3. The zero-order chi connectivity index (χ0) is 14.2. The van der Waals surface area contributed by atoms with Crippen molar-refractivity contribution in [1.82, 2.24) is 4.90 Å². The van der Waals surface area contributed by atoms with Crippen LogP contribution in [0.2, 0.25) is 0 Å². The molecule has 1 aromatic carbocycles. The SMILES string of the molecule is Nc1cccc(OCCC(=O)OCCN2CCCC2)c1. The van der Waals surface area contributed by atoms with Gasteiger partial charge in [-0.25, -0.2) is 0 Å². The van der Waals surface area contributed by atoms with E-state index < -0.39 is 0 Å². The molecule has 0 bridgehead atoms. The van der Waals surface area contributed by atoms with Crippen molar-refractivity contribution >= 4 is 11.7 Å². The smallest absolute Gasteiger partial charge is 0.309 e. The number of hydrogen-bond acceptors (Lipinski definition) is 5. The molecule has 0 aromatic heterocycles. The lowest BCUT2D eigenvalue weighted by Gasteiger charge is -2.14. The minimum Gasteiger partial charge on any atom is -0.493 e. The highest BCUT2D eigenvalue weighted by Gasteiger charge is 2.11. The van der Waals surface area contributed by atoms with Crippen molar-refractivity contribution in [2.24, 2.45) is 0 Å². The van der Waals surface area contributed by atoms with E-state index in [9.17, 15) is 4.79 Å². The minimum atomic E-state index is -0.215. The van der Waals surface area contributed by atoms with E-state index in [-0.39, 0.29) is 12.4 Å². The van der Waals surface area contributed by atoms with Crippen LogP contribution in [0.25, 0.3) is 0 Å². The molecule has 1 aliphatic heterocycles. The summed E-state index contributed by atoms with van der Waals surface area (Å²) in [7, 11) is 0. The average molecular weight is 278 g/mol. The summed E-state index contributed by atoms with van der Waals surface area (Å²) in [6.07, 6.45) is 2.76. The minimum absolute atomic E-state index is 0.215. The number of hydrogen-bond donors (Lipinski definition) is 1. The molecule has 110 valence electrons. The zero-order valence-electron chi connectivity index (χ0n) is 11.7. The van der Waals surface area contributed by atoms with Gasteiger partial charge >= 0.3 is 5.97 Å². The molecular formula is C15H22N2O3. The van der Waals surface area contributed by atoms with Gasteiger partial charge in [0.25, 0.3) is 0 Å². The molecule has 0 unspecified atom stereocenters. The first-order chi connectivity index (χ1) is 9.74. The second-order valence-electron chi connectivity index (χ2n) is 4.94. The Bertz CT molecular complexity index is 431. The first kappa shape index (κ1) is 14.7. The van der Waals surface area contributed by atoms with E-state index in [2.05, 4.69) is 4.90 Å². The fraction of sp³-hybridized carbons (Fsp3) is 0.533. The van der Waals surface area contributed by atoms with Crippen molar-refractivity contribution in [1.29, 1.82) is 0 Å². The third-order valence-electron chi connectivity index (χ3n) is 3.30. The van der Waals surface area contributed by atoms with Gasteiger partial charge in [-0.05, 0) is 38.1 Å². The highest BCUT2D eigenvalue weighted by molar-refractivity contribution is 5.69. The Morgan fingerprint density at radius 3 is 2.80 bits per heavy atom. The van der Waals surface area contributed by atoms with Crippen LogP contribution in [-0.4, -0.2) is 43.7 Å². The molecule has 1 fully saturated rings. The van der Waals surface area contributed by atoms with Crippen molar-refractivity contribution in [2.45, 2.75) is 19.3 Å². The summed E-state index contributed by atoms with van der Waals surface area (Å²) in [5, 5.41) is 0. The number of nitrogen functional groups attached to an aromatic ring is 1. The summed E-state index contributed by atoms with van der Waals surface area (Å²) in [5.74, 6) is 0.461. The van der Waals surface area contributed by atoms with Crippen molar-refractivity contribution in [2.75, 3.05) is 38.6 Å². The number of anilines is 1. The Labute approximate surface area is 119 Å². The number of likely N-dealkylation sites (tertiary alicyclic amines) is 1. The van der Waals surface area contributed by atoms with E-state index in [1.54, 1.807) is 12.1 Å². The molecule has 2 N–H and O–H groups in total. The van der Waals surface area contributed by atoms with Gasteiger partial charge in [0.1, 0.15) is 12.4 Å². The van der Waals surface area contributed by atoms with Crippen molar-refractivity contribution in [3.8, 4) is 5.75 Å². The molecule has 0 radical (unpaired) electrons. The molecule has 1 aromatic rings. The molecule has 0 saturated carbocycles. The van der Waals surface area contributed by atoms with E-state index in [4.69, 9.17) is 15.2 Å². The van der Waals surface area contributed by atoms with Crippen LogP contribution in [-0.2, 0) is 9.53 Å². The summed E-state index contributed by atoms with van der Waals surface area (Å²) in [6.45, 7) is 3.86. The van der Waals surface area contributed by atoms with Crippen LogP contribution in [0, 0.1) is 0 Å².